The van der Waals surface area contributed by atoms with Crippen molar-refractivity contribution in [3.63, 3.8) is 0 Å². The van der Waals surface area contributed by atoms with Crippen LogP contribution in [0.25, 0.3) is 0 Å². The first-order valence-corrected chi connectivity index (χ1v) is 12.0. The third-order valence-electron chi connectivity index (χ3n) is 7.31. The van der Waals surface area contributed by atoms with Crippen LogP contribution in [0, 0.1) is 29.6 Å². The molecule has 2 N–H and O–H groups in total. The van der Waals surface area contributed by atoms with Gasteiger partial charge in [0.25, 0.3) is 5.91 Å². The maximum absolute atomic E-state index is 13.5. The SMILES string of the molecule is C[C@H]1CCc2c(sc(NC(=O)[C@@H]3[C@@H](C(=O)O)[C@H]4C=C[C@@H]3C4)c2C(=O)N2CCOCC2)C1. The molecule has 0 unspecified atom stereocenters. The van der Waals surface area contributed by atoms with Crippen LogP contribution in [-0.2, 0) is 27.2 Å². The Bertz CT molecular complexity index is 948. The highest BCUT2D eigenvalue weighted by molar-refractivity contribution is 7.17. The molecular weight excluding hydrogens is 416 g/mol. The standard InChI is InChI=1S/C23H28N2O5S/c1-12-2-5-15-16(10-12)31-21(19(15)22(27)25-6-8-30-9-7-25)24-20(26)17-13-3-4-14(11-13)18(17)23(28)29/h3-4,12-14,17-18H,2,5-11H2,1H3,(H,24,26)(H,28,29)/t12-,13+,14-,17-,18-/m0/s1. The van der Waals surface area contributed by atoms with Crippen molar-refractivity contribution < 1.29 is 24.2 Å². The van der Waals surface area contributed by atoms with Gasteiger partial charge in [-0.3, -0.25) is 14.4 Å². The van der Waals surface area contributed by atoms with Crippen molar-refractivity contribution in [1.82, 2.24) is 4.90 Å². The van der Waals surface area contributed by atoms with Crippen LogP contribution in [0.2, 0.25) is 0 Å². The number of nitrogens with zero attached hydrogens (tertiary/aromatic N) is 1. The quantitative estimate of drug-likeness (QED) is 0.697. The Labute approximate surface area is 185 Å². The Morgan fingerprint density at radius 2 is 1.87 bits per heavy atom. The van der Waals surface area contributed by atoms with Gasteiger partial charge in [0.2, 0.25) is 5.91 Å². The van der Waals surface area contributed by atoms with E-state index in [-0.39, 0.29) is 23.7 Å². The largest absolute Gasteiger partial charge is 0.481 e. The van der Waals surface area contributed by atoms with Gasteiger partial charge in [0.15, 0.2) is 0 Å². The van der Waals surface area contributed by atoms with E-state index in [1.54, 1.807) is 4.90 Å². The smallest absolute Gasteiger partial charge is 0.307 e. The summed E-state index contributed by atoms with van der Waals surface area (Å²) in [6, 6.07) is 0. The number of morpholine rings is 1. The number of fused-ring (bicyclic) bond motifs is 3. The van der Waals surface area contributed by atoms with Gasteiger partial charge in [-0.2, -0.15) is 0 Å². The predicted octanol–water partition coefficient (Wildman–Crippen LogP) is 2.81. The zero-order valence-electron chi connectivity index (χ0n) is 17.6. The Kier molecular flexibility index (Phi) is 5.38. The second kappa shape index (κ2) is 8.06. The predicted molar refractivity (Wildman–Crippen MR) is 116 cm³/mol. The van der Waals surface area contributed by atoms with E-state index in [0.717, 1.165) is 24.8 Å². The number of amides is 2. The van der Waals surface area contributed by atoms with E-state index >= 15 is 0 Å². The molecule has 1 aromatic rings. The monoisotopic (exact) mass is 444 g/mol. The summed E-state index contributed by atoms with van der Waals surface area (Å²) in [7, 11) is 0. The average Bonchev–Trinajstić information content (AvgIpc) is 3.46. The lowest BCUT2D eigenvalue weighted by atomic mass is 9.82. The van der Waals surface area contributed by atoms with E-state index in [1.165, 1.54) is 16.2 Å². The second-order valence-corrected chi connectivity index (χ2v) is 10.4. The number of hydrogen-bond donors (Lipinski definition) is 2. The summed E-state index contributed by atoms with van der Waals surface area (Å²) in [6.45, 7) is 4.35. The number of nitrogens with one attached hydrogen (secondary N) is 1. The summed E-state index contributed by atoms with van der Waals surface area (Å²) < 4.78 is 5.40. The number of aliphatic carboxylic acids is 1. The zero-order chi connectivity index (χ0) is 21.7. The Balaban J connectivity index is 1.46. The first-order chi connectivity index (χ1) is 14.9. The van der Waals surface area contributed by atoms with Crippen molar-refractivity contribution in [3.8, 4) is 0 Å². The fourth-order valence-corrected chi connectivity index (χ4v) is 7.11. The van der Waals surface area contributed by atoms with Gasteiger partial charge in [-0.25, -0.2) is 0 Å². The van der Waals surface area contributed by atoms with E-state index in [4.69, 9.17) is 4.74 Å². The second-order valence-electron chi connectivity index (χ2n) is 9.29. The Morgan fingerprint density at radius 1 is 1.16 bits per heavy atom. The summed E-state index contributed by atoms with van der Waals surface area (Å²) in [4.78, 5) is 41.6. The minimum atomic E-state index is -0.916. The van der Waals surface area contributed by atoms with Crippen LogP contribution < -0.4 is 5.32 Å². The molecule has 31 heavy (non-hydrogen) atoms. The number of hydrogen-bond acceptors (Lipinski definition) is 5. The highest BCUT2D eigenvalue weighted by Crippen LogP contribution is 2.49. The molecule has 2 heterocycles. The van der Waals surface area contributed by atoms with E-state index in [0.29, 0.717) is 49.2 Å². The van der Waals surface area contributed by atoms with Gasteiger partial charge in [-0.15, -0.1) is 11.3 Å². The molecule has 8 heteroatoms. The maximum atomic E-state index is 13.5. The van der Waals surface area contributed by atoms with Crippen LogP contribution in [-0.4, -0.2) is 54.1 Å². The van der Waals surface area contributed by atoms with Crippen LogP contribution in [0.4, 0.5) is 5.00 Å². The topological polar surface area (TPSA) is 95.9 Å². The van der Waals surface area contributed by atoms with Crippen LogP contribution in [0.3, 0.4) is 0 Å². The fraction of sp³-hybridized carbons (Fsp3) is 0.609. The number of allylic oxidation sites excluding steroid dienone is 2. The van der Waals surface area contributed by atoms with Gasteiger partial charge >= 0.3 is 5.97 Å². The van der Waals surface area contributed by atoms with Gasteiger partial charge in [-0.05, 0) is 49.0 Å². The Hall–Kier alpha value is -2.19. The first-order valence-electron chi connectivity index (χ1n) is 11.2. The average molecular weight is 445 g/mol. The summed E-state index contributed by atoms with van der Waals surface area (Å²) in [5, 5.41) is 13.3. The van der Waals surface area contributed by atoms with Crippen molar-refractivity contribution in [2.75, 3.05) is 31.6 Å². The number of carboxylic acids is 1. The summed E-state index contributed by atoms with van der Waals surface area (Å²) in [5.41, 5.74) is 1.69. The lowest BCUT2D eigenvalue weighted by Gasteiger charge is -2.28. The highest BCUT2D eigenvalue weighted by atomic mass is 32.1. The normalized spacial score (nSPS) is 31.5. The molecule has 1 saturated carbocycles. The number of thiophene rings is 1. The van der Waals surface area contributed by atoms with Crippen molar-refractivity contribution in [2.24, 2.45) is 29.6 Å². The van der Waals surface area contributed by atoms with Gasteiger partial charge in [0, 0.05) is 18.0 Å². The molecule has 3 aliphatic carbocycles. The van der Waals surface area contributed by atoms with Gasteiger partial charge < -0.3 is 20.1 Å². The lowest BCUT2D eigenvalue weighted by molar-refractivity contribution is -0.146. The van der Waals surface area contributed by atoms with E-state index in [2.05, 4.69) is 12.2 Å². The van der Waals surface area contributed by atoms with Crippen LogP contribution in [0.15, 0.2) is 12.2 Å². The molecule has 2 amide bonds. The molecule has 2 bridgehead atoms. The maximum Gasteiger partial charge on any atom is 0.307 e. The zero-order valence-corrected chi connectivity index (χ0v) is 18.5. The molecule has 1 aliphatic heterocycles. The minimum Gasteiger partial charge on any atom is -0.481 e. The fourth-order valence-electron chi connectivity index (χ4n) is 5.70. The molecule has 0 aromatic carbocycles. The molecule has 5 rings (SSSR count). The van der Waals surface area contributed by atoms with Crippen LogP contribution in [0.1, 0.15) is 40.6 Å². The molecule has 0 spiro atoms. The Morgan fingerprint density at radius 3 is 2.58 bits per heavy atom. The summed E-state index contributed by atoms with van der Waals surface area (Å²) in [6.07, 6.45) is 7.41. The molecule has 1 saturated heterocycles. The molecule has 166 valence electrons. The number of rotatable bonds is 4. The first kappa shape index (κ1) is 20.7. The van der Waals surface area contributed by atoms with Gasteiger partial charge in [-0.1, -0.05) is 19.1 Å². The van der Waals surface area contributed by atoms with Gasteiger partial charge in [0.05, 0.1) is 30.6 Å². The number of anilines is 1. The third-order valence-corrected chi connectivity index (χ3v) is 8.48. The summed E-state index contributed by atoms with van der Waals surface area (Å²) >= 11 is 1.50. The number of carbonyl (C=O) groups excluding carboxylic acids is 2. The minimum absolute atomic E-state index is 0.0425. The molecule has 5 atom stereocenters. The highest BCUT2D eigenvalue weighted by Gasteiger charge is 2.52. The van der Waals surface area contributed by atoms with Crippen molar-refractivity contribution in [3.05, 3.63) is 28.2 Å². The lowest BCUT2D eigenvalue weighted by Crippen LogP contribution is -2.41. The molecule has 0 radical (unpaired) electrons. The molecule has 2 fully saturated rings. The summed E-state index contributed by atoms with van der Waals surface area (Å²) in [5.74, 6) is -2.08. The van der Waals surface area contributed by atoms with Crippen LogP contribution >= 0.6 is 11.3 Å². The number of ether oxygens (including phenoxy) is 1. The third kappa shape index (κ3) is 3.59. The van der Waals surface area contributed by atoms with E-state index in [9.17, 15) is 19.5 Å². The molecule has 4 aliphatic rings. The van der Waals surface area contributed by atoms with Crippen molar-refractivity contribution >= 4 is 34.1 Å². The van der Waals surface area contributed by atoms with E-state index in [1.807, 2.05) is 12.2 Å². The molecule has 1 aromatic heterocycles. The molecular formula is C23H28N2O5S. The van der Waals surface area contributed by atoms with Gasteiger partial charge in [0.1, 0.15) is 5.00 Å². The van der Waals surface area contributed by atoms with Crippen molar-refractivity contribution in [2.45, 2.75) is 32.6 Å². The van der Waals surface area contributed by atoms with E-state index < -0.39 is 17.8 Å². The van der Waals surface area contributed by atoms with Crippen molar-refractivity contribution in [1.29, 1.82) is 0 Å². The van der Waals surface area contributed by atoms with Crippen LogP contribution in [0.5, 0.6) is 0 Å². The number of carboxylic acid groups (broad SMARTS) is 1. The molecule has 7 nitrogen and oxygen atoms in total. The number of carbonyl (C=O) groups is 3.